The number of benzene rings is 2. The number of amides is 1. The molecule has 5 unspecified atom stereocenters. The van der Waals surface area contributed by atoms with Crippen molar-refractivity contribution in [2.24, 2.45) is 11.3 Å². The van der Waals surface area contributed by atoms with E-state index in [1.165, 1.54) is 16.4 Å². The van der Waals surface area contributed by atoms with Gasteiger partial charge in [0.1, 0.15) is 6.10 Å². The summed E-state index contributed by atoms with van der Waals surface area (Å²) in [6, 6.07) is 17.1. The number of rotatable bonds is 14. The third-order valence-electron chi connectivity index (χ3n) is 7.98. The van der Waals surface area contributed by atoms with E-state index in [2.05, 4.69) is 16.7 Å². The van der Waals surface area contributed by atoms with Crippen molar-refractivity contribution in [2.75, 3.05) is 38.7 Å². The highest BCUT2D eigenvalue weighted by atomic mass is 32.2. The molecule has 0 radical (unpaired) electrons. The Morgan fingerprint density at radius 1 is 1.21 bits per heavy atom. The molecule has 2 heterocycles. The molecule has 11 nitrogen and oxygen atoms in total. The number of ether oxygens (including phenoxy) is 3. The second-order valence-corrected chi connectivity index (χ2v) is 13.8. The number of anilines is 1. The molecule has 0 saturated carbocycles. The zero-order chi connectivity index (χ0) is 31.0. The molecule has 4 rings (SSSR count). The van der Waals surface area contributed by atoms with Crippen molar-refractivity contribution >= 4 is 21.8 Å². The van der Waals surface area contributed by atoms with Crippen LogP contribution < -0.4 is 10.6 Å². The van der Waals surface area contributed by atoms with Gasteiger partial charge in [-0.25, -0.2) is 13.2 Å². The predicted octanol–water partition coefficient (Wildman–Crippen LogP) is 3.51. The van der Waals surface area contributed by atoms with Crippen LogP contribution in [0.15, 0.2) is 59.5 Å². The van der Waals surface area contributed by atoms with Crippen molar-refractivity contribution in [3.05, 3.63) is 60.2 Å². The van der Waals surface area contributed by atoms with Gasteiger partial charge in [-0.2, -0.15) is 9.57 Å². The number of nitriles is 1. The van der Waals surface area contributed by atoms with Gasteiger partial charge < -0.3 is 30.0 Å². The van der Waals surface area contributed by atoms with Gasteiger partial charge in [0.15, 0.2) is 6.29 Å². The first-order valence-electron chi connectivity index (χ1n) is 14.6. The molecule has 0 aliphatic carbocycles. The monoisotopic (exact) mass is 614 g/mol. The standard InChI is InChI=1S/C31H42N4O7S/c1-31(2,14-8-15-32)21-35(43(38,39)24-12-7-11-23(18-24)33-3)19-27(36)26(17-22-9-5-4-6-10-22)34-30(37)42-28-20-41-29-25(28)13-16-40-29/h4-7,9-12,18,25-29,33,36H,8,13-14,16-17,19-21H2,1-3H3,(H,34,37). The Labute approximate surface area is 254 Å². The molecular weight excluding hydrogens is 572 g/mol. The average molecular weight is 615 g/mol. The summed E-state index contributed by atoms with van der Waals surface area (Å²) in [6.07, 6.45) is -1.16. The van der Waals surface area contributed by atoms with Crippen LogP contribution in [0.2, 0.25) is 0 Å². The Morgan fingerprint density at radius 3 is 2.70 bits per heavy atom. The van der Waals surface area contributed by atoms with E-state index in [1.807, 2.05) is 44.2 Å². The van der Waals surface area contributed by atoms with Gasteiger partial charge in [0.2, 0.25) is 10.0 Å². The van der Waals surface area contributed by atoms with Gasteiger partial charge in [0.25, 0.3) is 0 Å². The van der Waals surface area contributed by atoms with Crippen molar-refractivity contribution in [1.29, 1.82) is 5.26 Å². The number of nitrogens with zero attached hydrogens (tertiary/aromatic N) is 2. The second kappa shape index (κ2) is 14.5. The molecule has 3 N–H and O–H groups in total. The van der Waals surface area contributed by atoms with Crippen LogP contribution in [0.4, 0.5) is 10.5 Å². The van der Waals surface area contributed by atoms with Gasteiger partial charge in [0.05, 0.1) is 42.2 Å². The van der Waals surface area contributed by atoms with Crippen molar-refractivity contribution in [2.45, 2.75) is 69.0 Å². The van der Waals surface area contributed by atoms with E-state index in [1.54, 1.807) is 19.2 Å². The van der Waals surface area contributed by atoms with Gasteiger partial charge >= 0.3 is 6.09 Å². The zero-order valence-electron chi connectivity index (χ0n) is 24.9. The summed E-state index contributed by atoms with van der Waals surface area (Å²) in [7, 11) is -2.37. The van der Waals surface area contributed by atoms with Gasteiger partial charge in [-0.05, 0) is 48.4 Å². The molecule has 2 aromatic rings. The Balaban J connectivity index is 1.57. The number of sulfonamides is 1. The lowest BCUT2D eigenvalue weighted by atomic mass is 9.88. The summed E-state index contributed by atoms with van der Waals surface area (Å²) in [5.74, 6) is -0.0482. The lowest BCUT2D eigenvalue weighted by Gasteiger charge is -2.35. The quantitative estimate of drug-likeness (QED) is 0.291. The molecule has 0 aromatic heterocycles. The summed E-state index contributed by atoms with van der Waals surface area (Å²) in [4.78, 5) is 13.2. The molecule has 5 atom stereocenters. The van der Waals surface area contributed by atoms with Gasteiger partial charge in [0, 0.05) is 32.2 Å². The van der Waals surface area contributed by atoms with Crippen LogP contribution in [0, 0.1) is 22.7 Å². The van der Waals surface area contributed by atoms with Crippen molar-refractivity contribution in [3.63, 3.8) is 0 Å². The number of carbonyl (C=O) groups is 1. The molecule has 2 aromatic carbocycles. The van der Waals surface area contributed by atoms with Crippen LogP contribution >= 0.6 is 0 Å². The molecule has 2 saturated heterocycles. The highest BCUT2D eigenvalue weighted by Crippen LogP contribution is 2.33. The van der Waals surface area contributed by atoms with E-state index < -0.39 is 39.8 Å². The van der Waals surface area contributed by atoms with E-state index in [0.29, 0.717) is 18.7 Å². The van der Waals surface area contributed by atoms with E-state index in [9.17, 15) is 18.3 Å². The van der Waals surface area contributed by atoms with Crippen LogP contribution in [-0.4, -0.2) is 81.8 Å². The smallest absolute Gasteiger partial charge is 0.407 e. The first-order valence-corrected chi connectivity index (χ1v) is 16.0. The van der Waals surface area contributed by atoms with E-state index in [-0.39, 0.29) is 49.6 Å². The number of fused-ring (bicyclic) bond motifs is 1. The Bertz CT molecular complexity index is 1370. The van der Waals surface area contributed by atoms with Crippen molar-refractivity contribution in [1.82, 2.24) is 9.62 Å². The number of hydrogen-bond acceptors (Lipinski definition) is 9. The normalized spacial score (nSPS) is 21.5. The summed E-state index contributed by atoms with van der Waals surface area (Å²) in [6.45, 7) is 4.32. The van der Waals surface area contributed by atoms with Gasteiger partial charge in [-0.3, -0.25) is 0 Å². The summed E-state index contributed by atoms with van der Waals surface area (Å²) < 4.78 is 46.1. The largest absolute Gasteiger partial charge is 0.443 e. The minimum absolute atomic E-state index is 0.0482. The lowest BCUT2D eigenvalue weighted by Crippen LogP contribution is -2.52. The van der Waals surface area contributed by atoms with Crippen LogP contribution in [0.1, 0.15) is 38.7 Å². The van der Waals surface area contributed by atoms with Crippen molar-refractivity contribution < 1.29 is 32.5 Å². The third-order valence-corrected chi connectivity index (χ3v) is 9.79. The molecule has 0 bridgehead atoms. The number of carbonyl (C=O) groups excluding carboxylic acids is 1. The number of alkyl carbamates (subject to hydrolysis) is 1. The van der Waals surface area contributed by atoms with Gasteiger partial charge in [-0.1, -0.05) is 50.2 Å². The fourth-order valence-electron chi connectivity index (χ4n) is 5.52. The maximum absolute atomic E-state index is 14.0. The minimum Gasteiger partial charge on any atom is -0.443 e. The number of aliphatic hydroxyl groups excluding tert-OH is 1. The topological polar surface area (TPSA) is 150 Å². The minimum atomic E-state index is -4.07. The Hall–Kier alpha value is -3.21. The second-order valence-electron chi connectivity index (χ2n) is 11.9. The highest BCUT2D eigenvalue weighted by molar-refractivity contribution is 7.89. The maximum Gasteiger partial charge on any atom is 0.407 e. The number of aliphatic hydroxyl groups is 1. The Kier molecular flexibility index (Phi) is 11.0. The van der Waals surface area contributed by atoms with E-state index >= 15 is 0 Å². The first kappa shape index (κ1) is 32.7. The van der Waals surface area contributed by atoms with Crippen LogP contribution in [0.3, 0.4) is 0 Å². The third kappa shape index (κ3) is 8.68. The number of hydrogen-bond donors (Lipinski definition) is 3. The molecule has 2 fully saturated rings. The number of nitrogens with one attached hydrogen (secondary N) is 2. The summed E-state index contributed by atoms with van der Waals surface area (Å²) in [5, 5.41) is 26.5. The highest BCUT2D eigenvalue weighted by Gasteiger charge is 2.44. The van der Waals surface area contributed by atoms with E-state index in [0.717, 1.165) is 12.0 Å². The van der Waals surface area contributed by atoms with Crippen molar-refractivity contribution in [3.8, 4) is 6.07 Å². The molecule has 0 spiro atoms. The van der Waals surface area contributed by atoms with Crippen LogP contribution in [0.25, 0.3) is 0 Å². The van der Waals surface area contributed by atoms with E-state index in [4.69, 9.17) is 19.5 Å². The molecule has 234 valence electrons. The average Bonchev–Trinajstić information content (AvgIpc) is 3.61. The SMILES string of the molecule is CNc1cccc(S(=O)(=O)N(CC(O)C(Cc2ccccc2)NC(=O)OC2COC3OCCC23)CC(C)(C)CCC#N)c1. The molecule has 2 aliphatic rings. The fourth-order valence-corrected chi connectivity index (χ4v) is 7.21. The molecule has 1 amide bonds. The fraction of sp³-hybridized carbons (Fsp3) is 0.548. The molecule has 43 heavy (non-hydrogen) atoms. The molecular formula is C31H42N4O7S. The predicted molar refractivity (Wildman–Crippen MR) is 161 cm³/mol. The summed E-state index contributed by atoms with van der Waals surface area (Å²) in [5.41, 5.74) is 0.917. The molecule has 12 heteroatoms. The molecule has 2 aliphatic heterocycles. The van der Waals surface area contributed by atoms with Crippen LogP contribution in [0.5, 0.6) is 0 Å². The summed E-state index contributed by atoms with van der Waals surface area (Å²) >= 11 is 0. The Morgan fingerprint density at radius 2 is 1.98 bits per heavy atom. The van der Waals surface area contributed by atoms with Crippen LogP contribution in [-0.2, 0) is 30.7 Å². The lowest BCUT2D eigenvalue weighted by molar-refractivity contribution is -0.0907. The zero-order valence-corrected chi connectivity index (χ0v) is 25.8. The first-order chi connectivity index (χ1) is 20.5. The maximum atomic E-state index is 14.0. The van der Waals surface area contributed by atoms with Gasteiger partial charge in [-0.15, -0.1) is 0 Å².